The van der Waals surface area contributed by atoms with Crippen molar-refractivity contribution in [3.05, 3.63) is 0 Å². The third kappa shape index (κ3) is 3.28. The summed E-state index contributed by atoms with van der Waals surface area (Å²) in [6, 6.07) is 1.33. The standard InChI is InChI=1S/C11H24N2/c1-10(2)13(11(3)4)9-12-7-5-6-8-12/h10-11H,5-9H2,1-4H3. The molecule has 1 heterocycles. The van der Waals surface area contributed by atoms with Gasteiger partial charge >= 0.3 is 0 Å². The molecular weight excluding hydrogens is 160 g/mol. The van der Waals surface area contributed by atoms with Crippen LogP contribution in [0.25, 0.3) is 0 Å². The summed E-state index contributed by atoms with van der Waals surface area (Å²) in [6.45, 7) is 12.9. The molecule has 13 heavy (non-hydrogen) atoms. The second kappa shape index (κ2) is 4.97. The quantitative estimate of drug-likeness (QED) is 0.660. The van der Waals surface area contributed by atoms with Crippen LogP contribution in [0.5, 0.6) is 0 Å². The van der Waals surface area contributed by atoms with Gasteiger partial charge in [0.1, 0.15) is 0 Å². The van der Waals surface area contributed by atoms with Gasteiger partial charge in [0.05, 0.1) is 6.67 Å². The molecule has 0 atom stereocenters. The van der Waals surface area contributed by atoms with Crippen LogP contribution in [0.4, 0.5) is 0 Å². The van der Waals surface area contributed by atoms with E-state index in [4.69, 9.17) is 0 Å². The molecule has 1 saturated heterocycles. The summed E-state index contributed by atoms with van der Waals surface area (Å²) in [6.07, 6.45) is 2.79. The topological polar surface area (TPSA) is 6.48 Å². The van der Waals surface area contributed by atoms with Crippen LogP contribution in [0.1, 0.15) is 40.5 Å². The largest absolute Gasteiger partial charge is 0.290 e. The summed E-state index contributed by atoms with van der Waals surface area (Å²) in [5.74, 6) is 0. The van der Waals surface area contributed by atoms with Gasteiger partial charge in [-0.3, -0.25) is 9.80 Å². The molecule has 0 spiro atoms. The monoisotopic (exact) mass is 184 g/mol. The fourth-order valence-corrected chi connectivity index (χ4v) is 2.08. The Morgan fingerprint density at radius 2 is 1.46 bits per heavy atom. The van der Waals surface area contributed by atoms with E-state index in [1.165, 1.54) is 25.9 Å². The van der Waals surface area contributed by atoms with Crippen LogP contribution in [0.3, 0.4) is 0 Å². The molecule has 0 aliphatic carbocycles. The molecule has 1 aliphatic rings. The molecule has 0 radical (unpaired) electrons. The van der Waals surface area contributed by atoms with Gasteiger partial charge in [0, 0.05) is 12.1 Å². The molecule has 0 bridgehead atoms. The average molecular weight is 184 g/mol. The van der Waals surface area contributed by atoms with E-state index in [9.17, 15) is 0 Å². The Hall–Kier alpha value is -0.0800. The second-order valence-corrected chi connectivity index (χ2v) is 4.67. The van der Waals surface area contributed by atoms with E-state index in [2.05, 4.69) is 37.5 Å². The van der Waals surface area contributed by atoms with Crippen LogP contribution < -0.4 is 0 Å². The van der Waals surface area contributed by atoms with Gasteiger partial charge in [-0.2, -0.15) is 0 Å². The first-order valence-electron chi connectivity index (χ1n) is 5.59. The third-order valence-corrected chi connectivity index (χ3v) is 2.89. The molecule has 0 aromatic carbocycles. The third-order valence-electron chi connectivity index (χ3n) is 2.89. The molecule has 78 valence electrons. The number of likely N-dealkylation sites (tertiary alicyclic amines) is 1. The molecule has 0 N–H and O–H groups in total. The van der Waals surface area contributed by atoms with Gasteiger partial charge in [-0.15, -0.1) is 0 Å². The first kappa shape index (κ1) is 11.0. The molecule has 0 unspecified atom stereocenters. The maximum atomic E-state index is 2.57. The Morgan fingerprint density at radius 3 is 1.85 bits per heavy atom. The van der Waals surface area contributed by atoms with Crippen LogP contribution in [0.15, 0.2) is 0 Å². The van der Waals surface area contributed by atoms with E-state index < -0.39 is 0 Å². The van der Waals surface area contributed by atoms with E-state index in [0.717, 1.165) is 6.67 Å². The molecule has 1 aliphatic heterocycles. The van der Waals surface area contributed by atoms with Crippen molar-refractivity contribution in [1.82, 2.24) is 9.80 Å². The zero-order valence-electron chi connectivity index (χ0n) is 9.58. The zero-order valence-corrected chi connectivity index (χ0v) is 9.58. The Balaban J connectivity index is 2.37. The molecule has 1 fully saturated rings. The minimum absolute atomic E-state index is 0.667. The molecule has 2 nitrogen and oxygen atoms in total. The van der Waals surface area contributed by atoms with Crippen molar-refractivity contribution in [3.8, 4) is 0 Å². The van der Waals surface area contributed by atoms with Crippen molar-refractivity contribution in [1.29, 1.82) is 0 Å². The lowest BCUT2D eigenvalue weighted by Crippen LogP contribution is -2.44. The Kier molecular flexibility index (Phi) is 4.20. The number of rotatable bonds is 4. The number of nitrogens with zero attached hydrogens (tertiary/aromatic N) is 2. The van der Waals surface area contributed by atoms with E-state index >= 15 is 0 Å². The van der Waals surface area contributed by atoms with Gasteiger partial charge in [-0.25, -0.2) is 0 Å². The minimum Gasteiger partial charge on any atom is -0.290 e. The van der Waals surface area contributed by atoms with Gasteiger partial charge in [0.2, 0.25) is 0 Å². The van der Waals surface area contributed by atoms with Crippen molar-refractivity contribution < 1.29 is 0 Å². The van der Waals surface area contributed by atoms with Crippen LogP contribution in [0.2, 0.25) is 0 Å². The Bertz CT molecular complexity index is 129. The lowest BCUT2D eigenvalue weighted by Gasteiger charge is -2.34. The van der Waals surface area contributed by atoms with E-state index in [-0.39, 0.29) is 0 Å². The SMILES string of the molecule is CC(C)N(CN1CCCC1)C(C)C. The molecule has 0 amide bonds. The smallest absolute Gasteiger partial charge is 0.0511 e. The van der Waals surface area contributed by atoms with Crippen molar-refractivity contribution in [2.45, 2.75) is 52.6 Å². The molecular formula is C11H24N2. The van der Waals surface area contributed by atoms with E-state index in [1.54, 1.807) is 0 Å². The highest BCUT2D eigenvalue weighted by Gasteiger charge is 2.19. The molecule has 0 aromatic heterocycles. The van der Waals surface area contributed by atoms with Crippen molar-refractivity contribution in [2.75, 3.05) is 19.8 Å². The Labute approximate surface area is 82.9 Å². The summed E-state index contributed by atoms with van der Waals surface area (Å²) in [5, 5.41) is 0. The van der Waals surface area contributed by atoms with Gasteiger partial charge in [0.25, 0.3) is 0 Å². The van der Waals surface area contributed by atoms with Crippen LogP contribution in [-0.2, 0) is 0 Å². The number of hydrogen-bond acceptors (Lipinski definition) is 2. The predicted octanol–water partition coefficient (Wildman–Crippen LogP) is 2.16. The first-order chi connectivity index (χ1) is 6.11. The lowest BCUT2D eigenvalue weighted by molar-refractivity contribution is 0.0925. The second-order valence-electron chi connectivity index (χ2n) is 4.67. The highest BCUT2D eigenvalue weighted by molar-refractivity contribution is 4.71. The van der Waals surface area contributed by atoms with Crippen molar-refractivity contribution in [3.63, 3.8) is 0 Å². The average Bonchev–Trinajstić information content (AvgIpc) is 2.50. The Morgan fingerprint density at radius 1 is 1.00 bits per heavy atom. The number of hydrogen-bond donors (Lipinski definition) is 0. The lowest BCUT2D eigenvalue weighted by atomic mass is 10.2. The van der Waals surface area contributed by atoms with Crippen molar-refractivity contribution >= 4 is 0 Å². The maximum absolute atomic E-state index is 2.57. The molecule has 0 saturated carbocycles. The van der Waals surface area contributed by atoms with E-state index in [0.29, 0.717) is 12.1 Å². The maximum Gasteiger partial charge on any atom is 0.0511 e. The fourth-order valence-electron chi connectivity index (χ4n) is 2.08. The van der Waals surface area contributed by atoms with Gasteiger partial charge in [-0.05, 0) is 53.6 Å². The summed E-state index contributed by atoms with van der Waals surface area (Å²) < 4.78 is 0. The zero-order chi connectivity index (χ0) is 9.84. The predicted molar refractivity (Wildman–Crippen MR) is 57.8 cm³/mol. The van der Waals surface area contributed by atoms with Crippen LogP contribution in [-0.4, -0.2) is 41.6 Å². The molecule has 2 heteroatoms. The summed E-state index contributed by atoms with van der Waals surface area (Å²) in [7, 11) is 0. The van der Waals surface area contributed by atoms with Crippen molar-refractivity contribution in [2.24, 2.45) is 0 Å². The van der Waals surface area contributed by atoms with Crippen LogP contribution in [0, 0.1) is 0 Å². The fraction of sp³-hybridized carbons (Fsp3) is 1.00. The van der Waals surface area contributed by atoms with Crippen LogP contribution >= 0.6 is 0 Å². The van der Waals surface area contributed by atoms with Gasteiger partial charge < -0.3 is 0 Å². The molecule has 1 rings (SSSR count). The van der Waals surface area contributed by atoms with E-state index in [1.807, 2.05) is 0 Å². The van der Waals surface area contributed by atoms with Gasteiger partial charge in [-0.1, -0.05) is 0 Å². The van der Waals surface area contributed by atoms with Gasteiger partial charge in [0.15, 0.2) is 0 Å². The highest BCUT2D eigenvalue weighted by atomic mass is 15.3. The summed E-state index contributed by atoms with van der Waals surface area (Å²) in [5.41, 5.74) is 0. The summed E-state index contributed by atoms with van der Waals surface area (Å²) in [4.78, 5) is 5.13. The minimum atomic E-state index is 0.667. The normalized spacial score (nSPS) is 19.6. The summed E-state index contributed by atoms with van der Waals surface area (Å²) >= 11 is 0. The molecule has 0 aromatic rings. The highest BCUT2D eigenvalue weighted by Crippen LogP contribution is 2.12. The first-order valence-corrected chi connectivity index (χ1v) is 5.59.